The van der Waals surface area contributed by atoms with Crippen LogP contribution in [-0.2, 0) is 6.42 Å². The molecule has 0 saturated heterocycles. The van der Waals surface area contributed by atoms with Crippen molar-refractivity contribution in [2.75, 3.05) is 0 Å². The average molecular weight is 253 g/mol. The number of H-pyrrole nitrogens is 1. The molecule has 0 bridgehead atoms. The molecule has 2 aliphatic rings. The maximum atomic E-state index is 3.76. The van der Waals surface area contributed by atoms with E-state index < -0.39 is 0 Å². The molecular formula is C18H23N. The van der Waals surface area contributed by atoms with E-state index in [1.54, 1.807) is 11.3 Å². The van der Waals surface area contributed by atoms with Gasteiger partial charge in [-0.3, -0.25) is 0 Å². The van der Waals surface area contributed by atoms with E-state index in [4.69, 9.17) is 0 Å². The molecule has 2 aliphatic carbocycles. The third kappa shape index (κ3) is 1.91. The molecule has 19 heavy (non-hydrogen) atoms. The quantitative estimate of drug-likeness (QED) is 0.721. The van der Waals surface area contributed by atoms with Crippen molar-refractivity contribution in [3.63, 3.8) is 0 Å². The maximum Gasteiger partial charge on any atom is 0.0459 e. The van der Waals surface area contributed by atoms with E-state index in [9.17, 15) is 0 Å². The fourth-order valence-corrected chi connectivity index (χ4v) is 4.46. The zero-order valence-electron chi connectivity index (χ0n) is 11.6. The van der Waals surface area contributed by atoms with Gasteiger partial charge in [0.2, 0.25) is 0 Å². The molecule has 1 heterocycles. The highest BCUT2D eigenvalue weighted by Gasteiger charge is 2.31. The lowest BCUT2D eigenvalue weighted by molar-refractivity contribution is 0.281. The number of rotatable bonds is 1. The molecule has 1 N–H and O–H groups in total. The fourth-order valence-electron chi connectivity index (χ4n) is 4.46. The van der Waals surface area contributed by atoms with Crippen molar-refractivity contribution in [3.05, 3.63) is 35.5 Å². The van der Waals surface area contributed by atoms with Gasteiger partial charge in [0.1, 0.15) is 0 Å². The molecule has 1 unspecified atom stereocenters. The lowest BCUT2D eigenvalue weighted by Crippen LogP contribution is -2.20. The Balaban J connectivity index is 1.77. The van der Waals surface area contributed by atoms with E-state index >= 15 is 0 Å². The Labute approximate surface area is 115 Å². The monoisotopic (exact) mass is 253 g/mol. The molecule has 4 rings (SSSR count). The number of nitrogens with one attached hydrogen (secondary N) is 1. The van der Waals surface area contributed by atoms with Crippen molar-refractivity contribution in [2.45, 2.75) is 57.3 Å². The molecule has 1 saturated carbocycles. The van der Waals surface area contributed by atoms with Gasteiger partial charge in [0.05, 0.1) is 0 Å². The number of fused-ring (bicyclic) bond motifs is 3. The third-order valence-corrected chi connectivity index (χ3v) is 5.38. The molecule has 0 radical (unpaired) electrons. The summed E-state index contributed by atoms with van der Waals surface area (Å²) in [5, 5.41) is 1.48. The summed E-state index contributed by atoms with van der Waals surface area (Å²) in [6, 6.07) is 8.88. The number of hydrogen-bond acceptors (Lipinski definition) is 0. The highest BCUT2D eigenvalue weighted by molar-refractivity contribution is 5.85. The summed E-state index contributed by atoms with van der Waals surface area (Å²) in [7, 11) is 0. The fraction of sp³-hybridized carbons (Fsp3) is 0.556. The Bertz CT molecular complexity index is 574. The Morgan fingerprint density at radius 2 is 1.74 bits per heavy atom. The number of benzene rings is 1. The minimum absolute atomic E-state index is 0.816. The van der Waals surface area contributed by atoms with Crippen LogP contribution in [0.1, 0.15) is 62.1 Å². The van der Waals surface area contributed by atoms with Crippen molar-refractivity contribution < 1.29 is 0 Å². The highest BCUT2D eigenvalue weighted by Crippen LogP contribution is 2.44. The van der Waals surface area contributed by atoms with Crippen LogP contribution in [0.15, 0.2) is 24.3 Å². The van der Waals surface area contributed by atoms with Crippen molar-refractivity contribution >= 4 is 10.9 Å². The summed E-state index contributed by atoms with van der Waals surface area (Å²) >= 11 is 0. The molecule has 1 heteroatoms. The number of hydrogen-bond donors (Lipinski definition) is 1. The van der Waals surface area contributed by atoms with Gasteiger partial charge in [0, 0.05) is 22.5 Å². The smallest absolute Gasteiger partial charge is 0.0459 e. The predicted octanol–water partition coefficient (Wildman–Crippen LogP) is 5.17. The van der Waals surface area contributed by atoms with Crippen LogP contribution in [0.5, 0.6) is 0 Å². The second kappa shape index (κ2) is 4.70. The van der Waals surface area contributed by atoms with Crippen molar-refractivity contribution in [3.8, 4) is 0 Å². The second-order valence-electron chi connectivity index (χ2n) is 6.46. The predicted molar refractivity (Wildman–Crippen MR) is 80.6 cm³/mol. The van der Waals surface area contributed by atoms with Gasteiger partial charge in [0.25, 0.3) is 0 Å². The zero-order chi connectivity index (χ0) is 12.7. The molecule has 0 amide bonds. The van der Waals surface area contributed by atoms with E-state index in [0.717, 1.165) is 11.8 Å². The largest absolute Gasteiger partial charge is 0.358 e. The van der Waals surface area contributed by atoms with Crippen LogP contribution in [0.25, 0.3) is 10.9 Å². The first-order chi connectivity index (χ1) is 9.43. The molecule has 2 aromatic rings. The highest BCUT2D eigenvalue weighted by atomic mass is 14.7. The summed E-state index contributed by atoms with van der Waals surface area (Å²) in [5.74, 6) is 1.76. The maximum absolute atomic E-state index is 3.76. The van der Waals surface area contributed by atoms with Gasteiger partial charge in [-0.25, -0.2) is 0 Å². The lowest BCUT2D eigenvalue weighted by Gasteiger charge is -2.33. The minimum atomic E-state index is 0.816. The molecule has 100 valence electrons. The molecule has 0 spiro atoms. The molecule has 1 fully saturated rings. The van der Waals surface area contributed by atoms with Crippen LogP contribution in [0.2, 0.25) is 0 Å². The van der Waals surface area contributed by atoms with E-state index in [0.29, 0.717) is 0 Å². The third-order valence-electron chi connectivity index (χ3n) is 5.38. The Hall–Kier alpha value is -1.24. The van der Waals surface area contributed by atoms with Gasteiger partial charge < -0.3 is 4.98 Å². The van der Waals surface area contributed by atoms with Crippen LogP contribution in [0.3, 0.4) is 0 Å². The van der Waals surface area contributed by atoms with E-state index in [1.165, 1.54) is 62.3 Å². The Morgan fingerprint density at radius 1 is 0.895 bits per heavy atom. The topological polar surface area (TPSA) is 15.8 Å². The normalized spacial score (nSPS) is 24.5. The van der Waals surface area contributed by atoms with Gasteiger partial charge in [-0.2, -0.15) is 0 Å². The average Bonchev–Trinajstić information content (AvgIpc) is 2.87. The van der Waals surface area contributed by atoms with Gasteiger partial charge in [-0.05, 0) is 49.7 Å². The van der Waals surface area contributed by atoms with Crippen LogP contribution >= 0.6 is 0 Å². The summed E-state index contributed by atoms with van der Waals surface area (Å²) in [4.78, 5) is 3.76. The first-order valence-electron chi connectivity index (χ1n) is 8.03. The van der Waals surface area contributed by atoms with E-state index in [-0.39, 0.29) is 0 Å². The van der Waals surface area contributed by atoms with Crippen LogP contribution < -0.4 is 0 Å². The number of aryl methyl sites for hydroxylation is 1. The Morgan fingerprint density at radius 3 is 2.63 bits per heavy atom. The standard InChI is InChI=1S/C18H23N/c1-2-7-13(8-3-1)14-10-6-11-16-15-9-4-5-12-17(15)19-18(14)16/h4-5,9,12-14,19H,1-3,6-8,10-11H2. The molecular weight excluding hydrogens is 230 g/mol. The Kier molecular flexibility index (Phi) is 2.86. The SMILES string of the molecule is c1ccc2c3c([nH]c2c1)C(C1CCCCC1)CCC3. The van der Waals surface area contributed by atoms with Gasteiger partial charge in [0.15, 0.2) is 0 Å². The minimum Gasteiger partial charge on any atom is -0.358 e. The van der Waals surface area contributed by atoms with E-state index in [1.807, 2.05) is 0 Å². The van der Waals surface area contributed by atoms with Gasteiger partial charge >= 0.3 is 0 Å². The van der Waals surface area contributed by atoms with Gasteiger partial charge in [-0.15, -0.1) is 0 Å². The van der Waals surface area contributed by atoms with E-state index in [2.05, 4.69) is 29.2 Å². The van der Waals surface area contributed by atoms with Crippen molar-refractivity contribution in [2.24, 2.45) is 5.92 Å². The molecule has 0 aliphatic heterocycles. The molecule has 1 aromatic carbocycles. The van der Waals surface area contributed by atoms with Crippen LogP contribution in [0.4, 0.5) is 0 Å². The first kappa shape index (κ1) is 11.6. The van der Waals surface area contributed by atoms with Crippen LogP contribution in [0, 0.1) is 5.92 Å². The number of para-hydroxylation sites is 1. The van der Waals surface area contributed by atoms with Gasteiger partial charge in [-0.1, -0.05) is 37.5 Å². The zero-order valence-corrected chi connectivity index (χ0v) is 11.6. The first-order valence-corrected chi connectivity index (χ1v) is 8.03. The summed E-state index contributed by atoms with van der Waals surface area (Å²) in [6.45, 7) is 0. The number of aromatic amines is 1. The second-order valence-corrected chi connectivity index (χ2v) is 6.46. The summed E-state index contributed by atoms with van der Waals surface area (Å²) in [5.41, 5.74) is 4.59. The summed E-state index contributed by atoms with van der Waals surface area (Å²) < 4.78 is 0. The molecule has 1 nitrogen and oxygen atoms in total. The van der Waals surface area contributed by atoms with Crippen molar-refractivity contribution in [1.82, 2.24) is 4.98 Å². The molecule has 1 aromatic heterocycles. The lowest BCUT2D eigenvalue weighted by atomic mass is 9.73. The molecule has 1 atom stereocenters. The summed E-state index contributed by atoms with van der Waals surface area (Å²) in [6.07, 6.45) is 11.4. The van der Waals surface area contributed by atoms with Crippen molar-refractivity contribution in [1.29, 1.82) is 0 Å². The number of aromatic nitrogens is 1. The van der Waals surface area contributed by atoms with Crippen LogP contribution in [-0.4, -0.2) is 4.98 Å².